The van der Waals surface area contributed by atoms with Crippen molar-refractivity contribution in [3.8, 4) is 17.6 Å². The third kappa shape index (κ3) is 3.32. The van der Waals surface area contributed by atoms with Crippen LogP contribution in [0.1, 0.15) is 43.4 Å². The molecular weight excluding hydrogens is 286 g/mol. The van der Waals surface area contributed by atoms with Crippen molar-refractivity contribution in [3.05, 3.63) is 59.2 Å². The van der Waals surface area contributed by atoms with Crippen molar-refractivity contribution in [2.24, 2.45) is 0 Å². The summed E-state index contributed by atoms with van der Waals surface area (Å²) in [5, 5.41) is 9.55. The Morgan fingerprint density at radius 2 is 1.74 bits per heavy atom. The number of fused-ring (bicyclic) bond motifs is 1. The zero-order valence-electron chi connectivity index (χ0n) is 13.8. The highest BCUT2D eigenvalue weighted by molar-refractivity contribution is 5.46. The third-order valence-electron chi connectivity index (χ3n) is 4.21. The molecule has 1 aliphatic rings. The summed E-state index contributed by atoms with van der Waals surface area (Å²) in [5.74, 6) is 1.29. The van der Waals surface area contributed by atoms with Crippen LogP contribution in [0.4, 0.5) is 0 Å². The summed E-state index contributed by atoms with van der Waals surface area (Å²) in [6.07, 6.45) is 0.695. The van der Waals surface area contributed by atoms with Crippen LogP contribution in [-0.2, 0) is 11.8 Å². The van der Waals surface area contributed by atoms with Crippen LogP contribution in [0.2, 0.25) is 0 Å². The molecular formula is C20H21NO2. The summed E-state index contributed by atoms with van der Waals surface area (Å²) in [4.78, 5) is 0. The predicted octanol–water partition coefficient (Wildman–Crippen LogP) is 4.56. The number of nitriles is 1. The molecule has 3 heteroatoms. The van der Waals surface area contributed by atoms with Gasteiger partial charge >= 0.3 is 0 Å². The molecule has 2 aromatic rings. The summed E-state index contributed by atoms with van der Waals surface area (Å²) in [6, 6.07) is 16.7. The fourth-order valence-corrected chi connectivity index (χ4v) is 2.74. The van der Waals surface area contributed by atoms with Crippen molar-refractivity contribution in [1.82, 2.24) is 0 Å². The van der Waals surface area contributed by atoms with Gasteiger partial charge in [0.05, 0.1) is 12.0 Å². The van der Waals surface area contributed by atoms with Gasteiger partial charge in [0.25, 0.3) is 0 Å². The molecule has 0 N–H and O–H groups in total. The van der Waals surface area contributed by atoms with Gasteiger partial charge in [-0.15, -0.1) is 0 Å². The minimum absolute atomic E-state index is 0.143. The Morgan fingerprint density at radius 3 is 2.39 bits per heavy atom. The van der Waals surface area contributed by atoms with Crippen LogP contribution in [-0.4, -0.2) is 6.79 Å². The van der Waals surface area contributed by atoms with Gasteiger partial charge in [-0.25, -0.2) is 0 Å². The van der Waals surface area contributed by atoms with Crippen LogP contribution >= 0.6 is 0 Å². The maximum absolute atomic E-state index is 9.55. The summed E-state index contributed by atoms with van der Waals surface area (Å²) in [6.45, 7) is 6.86. The van der Waals surface area contributed by atoms with E-state index in [1.54, 1.807) is 0 Å². The van der Waals surface area contributed by atoms with Gasteiger partial charge in [-0.3, -0.25) is 0 Å². The quantitative estimate of drug-likeness (QED) is 0.834. The van der Waals surface area contributed by atoms with Crippen molar-refractivity contribution < 1.29 is 9.47 Å². The Bertz CT molecular complexity index is 736. The number of hydrogen-bond acceptors (Lipinski definition) is 3. The van der Waals surface area contributed by atoms with Gasteiger partial charge < -0.3 is 9.47 Å². The lowest BCUT2D eigenvalue weighted by Crippen LogP contribution is -2.11. The molecule has 2 aromatic carbocycles. The lowest BCUT2D eigenvalue weighted by molar-refractivity contribution is 0.174. The second-order valence-electron chi connectivity index (χ2n) is 6.95. The van der Waals surface area contributed by atoms with Crippen LogP contribution < -0.4 is 9.47 Å². The van der Waals surface area contributed by atoms with Gasteiger partial charge in [0.15, 0.2) is 11.5 Å². The predicted molar refractivity (Wildman–Crippen MR) is 89.8 cm³/mol. The van der Waals surface area contributed by atoms with Crippen LogP contribution in [0, 0.1) is 11.3 Å². The van der Waals surface area contributed by atoms with E-state index in [0.29, 0.717) is 6.42 Å². The van der Waals surface area contributed by atoms with Crippen LogP contribution in [0.5, 0.6) is 11.5 Å². The molecule has 0 saturated carbocycles. The Kier molecular flexibility index (Phi) is 4.00. The second kappa shape index (κ2) is 5.96. The van der Waals surface area contributed by atoms with Gasteiger partial charge in [-0.05, 0) is 40.7 Å². The topological polar surface area (TPSA) is 42.2 Å². The van der Waals surface area contributed by atoms with Crippen LogP contribution in [0.15, 0.2) is 42.5 Å². The van der Waals surface area contributed by atoms with Gasteiger partial charge in [0, 0.05) is 0 Å². The summed E-state index contributed by atoms with van der Waals surface area (Å²) < 4.78 is 10.7. The molecule has 0 radical (unpaired) electrons. The zero-order chi connectivity index (χ0) is 16.4. The van der Waals surface area contributed by atoms with E-state index in [-0.39, 0.29) is 18.1 Å². The van der Waals surface area contributed by atoms with Crippen molar-refractivity contribution in [2.45, 2.75) is 38.5 Å². The number of hydrogen-bond donors (Lipinski definition) is 0. The molecule has 0 aromatic heterocycles. The SMILES string of the molecule is CC(C)(C)c1ccc(CC(C#N)c2ccc3c(c2)OCO3)cc1. The van der Waals surface area contributed by atoms with E-state index >= 15 is 0 Å². The molecule has 1 unspecified atom stereocenters. The van der Waals surface area contributed by atoms with E-state index in [9.17, 15) is 5.26 Å². The zero-order valence-corrected chi connectivity index (χ0v) is 13.8. The molecule has 0 bridgehead atoms. The van der Waals surface area contributed by atoms with Gasteiger partial charge in [-0.2, -0.15) is 5.26 Å². The Labute approximate surface area is 137 Å². The van der Waals surface area contributed by atoms with Crippen molar-refractivity contribution in [2.75, 3.05) is 6.79 Å². The maximum Gasteiger partial charge on any atom is 0.231 e. The Morgan fingerprint density at radius 1 is 1.04 bits per heavy atom. The molecule has 0 spiro atoms. The van der Waals surface area contributed by atoms with E-state index in [1.807, 2.05) is 18.2 Å². The van der Waals surface area contributed by atoms with Gasteiger partial charge in [0.2, 0.25) is 6.79 Å². The number of rotatable bonds is 3. The summed E-state index contributed by atoms with van der Waals surface area (Å²) >= 11 is 0. The van der Waals surface area contributed by atoms with Gasteiger partial charge in [-0.1, -0.05) is 51.1 Å². The third-order valence-corrected chi connectivity index (χ3v) is 4.21. The summed E-state index contributed by atoms with van der Waals surface area (Å²) in [7, 11) is 0. The Hall–Kier alpha value is -2.47. The Balaban J connectivity index is 1.79. The highest BCUT2D eigenvalue weighted by Gasteiger charge is 2.19. The fraction of sp³-hybridized carbons (Fsp3) is 0.350. The first kappa shape index (κ1) is 15.4. The minimum Gasteiger partial charge on any atom is -0.454 e. The largest absolute Gasteiger partial charge is 0.454 e. The second-order valence-corrected chi connectivity index (χ2v) is 6.95. The van der Waals surface area contributed by atoms with Crippen LogP contribution in [0.3, 0.4) is 0 Å². The highest BCUT2D eigenvalue weighted by Crippen LogP contribution is 2.35. The molecule has 0 amide bonds. The monoisotopic (exact) mass is 307 g/mol. The van der Waals surface area contributed by atoms with Gasteiger partial charge in [0.1, 0.15) is 0 Å². The first-order chi connectivity index (χ1) is 11.0. The molecule has 0 saturated heterocycles. The summed E-state index contributed by atoms with van der Waals surface area (Å²) in [5.41, 5.74) is 3.58. The van der Waals surface area contributed by atoms with E-state index in [1.165, 1.54) is 11.1 Å². The molecule has 1 atom stereocenters. The average molecular weight is 307 g/mol. The maximum atomic E-state index is 9.55. The molecule has 3 nitrogen and oxygen atoms in total. The molecule has 1 aliphatic heterocycles. The molecule has 118 valence electrons. The van der Waals surface area contributed by atoms with E-state index in [4.69, 9.17) is 9.47 Å². The van der Waals surface area contributed by atoms with Crippen LogP contribution in [0.25, 0.3) is 0 Å². The van der Waals surface area contributed by atoms with Crippen molar-refractivity contribution in [1.29, 1.82) is 5.26 Å². The van der Waals surface area contributed by atoms with Crippen molar-refractivity contribution in [3.63, 3.8) is 0 Å². The highest BCUT2D eigenvalue weighted by atomic mass is 16.7. The number of benzene rings is 2. The first-order valence-corrected chi connectivity index (χ1v) is 7.86. The van der Waals surface area contributed by atoms with E-state index < -0.39 is 0 Å². The average Bonchev–Trinajstić information content (AvgIpc) is 2.99. The van der Waals surface area contributed by atoms with E-state index in [0.717, 1.165) is 17.1 Å². The molecule has 0 fully saturated rings. The number of nitrogens with zero attached hydrogens (tertiary/aromatic N) is 1. The smallest absolute Gasteiger partial charge is 0.231 e. The van der Waals surface area contributed by atoms with Crippen molar-refractivity contribution >= 4 is 0 Å². The lowest BCUT2D eigenvalue weighted by Gasteiger charge is -2.19. The molecule has 0 aliphatic carbocycles. The minimum atomic E-state index is -0.190. The lowest BCUT2D eigenvalue weighted by atomic mass is 9.85. The fourth-order valence-electron chi connectivity index (χ4n) is 2.74. The standard InChI is InChI=1S/C20H21NO2/c1-20(2,3)17-7-4-14(5-8-17)10-16(12-21)15-6-9-18-19(11-15)23-13-22-18/h4-9,11,16H,10,13H2,1-3H3. The molecule has 3 rings (SSSR count). The molecule has 1 heterocycles. The number of ether oxygens (including phenoxy) is 2. The first-order valence-electron chi connectivity index (χ1n) is 7.86. The van der Waals surface area contributed by atoms with E-state index in [2.05, 4.69) is 51.1 Å². The molecule has 23 heavy (non-hydrogen) atoms. The normalized spacial score (nSPS) is 14.3.